The molecule has 146 valence electrons. The Kier molecular flexibility index (Phi) is 6.27. The summed E-state index contributed by atoms with van der Waals surface area (Å²) in [6.45, 7) is 0.388. The van der Waals surface area contributed by atoms with E-state index >= 15 is 0 Å². The summed E-state index contributed by atoms with van der Waals surface area (Å²) in [5.41, 5.74) is 2.78. The monoisotopic (exact) mass is 380 g/mol. The van der Waals surface area contributed by atoms with E-state index < -0.39 is 0 Å². The Morgan fingerprint density at radius 1 is 0.750 bits per heavy atom. The summed E-state index contributed by atoms with van der Waals surface area (Å²) in [6, 6.07) is 17.4. The summed E-state index contributed by atoms with van der Waals surface area (Å²) in [4.78, 5) is 0. The van der Waals surface area contributed by atoms with Gasteiger partial charge >= 0.3 is 0 Å². The maximum atomic E-state index is 9.90. The second-order valence-corrected chi connectivity index (χ2v) is 6.60. The predicted octanol–water partition coefficient (Wildman–Crippen LogP) is 4.57. The molecule has 3 aromatic carbocycles. The van der Waals surface area contributed by atoms with Gasteiger partial charge < -0.3 is 24.8 Å². The molecule has 0 heterocycles. The topological polar surface area (TPSA) is 79.2 Å². The van der Waals surface area contributed by atoms with Gasteiger partial charge in [0.05, 0.1) is 7.11 Å². The number of aryl methyl sites for hydroxylation is 2. The number of phenols is 3. The average molecular weight is 380 g/mol. The van der Waals surface area contributed by atoms with Gasteiger partial charge in [-0.1, -0.05) is 24.3 Å². The molecule has 0 bridgehead atoms. The van der Waals surface area contributed by atoms with Crippen molar-refractivity contribution in [3.63, 3.8) is 0 Å². The van der Waals surface area contributed by atoms with Gasteiger partial charge in [-0.2, -0.15) is 0 Å². The third-order valence-electron chi connectivity index (χ3n) is 4.57. The highest BCUT2D eigenvalue weighted by Crippen LogP contribution is 2.28. The van der Waals surface area contributed by atoms with E-state index in [4.69, 9.17) is 9.47 Å². The molecular weight excluding hydrogens is 356 g/mol. The normalized spacial score (nSPS) is 10.6. The van der Waals surface area contributed by atoms with E-state index in [-0.39, 0.29) is 17.2 Å². The Labute approximate surface area is 164 Å². The van der Waals surface area contributed by atoms with Crippen LogP contribution in [0.5, 0.6) is 28.7 Å². The minimum Gasteiger partial charge on any atom is -0.508 e. The van der Waals surface area contributed by atoms with Crippen LogP contribution in [0.4, 0.5) is 0 Å². The highest BCUT2D eigenvalue weighted by molar-refractivity contribution is 5.41. The maximum absolute atomic E-state index is 9.90. The van der Waals surface area contributed by atoms with Gasteiger partial charge in [0, 0.05) is 12.1 Å². The lowest BCUT2D eigenvalue weighted by Crippen LogP contribution is -2.00. The smallest absolute Gasteiger partial charge is 0.126 e. The molecule has 0 aliphatic rings. The van der Waals surface area contributed by atoms with E-state index in [1.165, 1.54) is 6.07 Å². The molecular formula is C23H24O5. The lowest BCUT2D eigenvalue weighted by Gasteiger charge is -2.13. The van der Waals surface area contributed by atoms with Gasteiger partial charge in [-0.05, 0) is 60.2 Å². The van der Waals surface area contributed by atoms with Crippen LogP contribution in [0.15, 0.2) is 60.7 Å². The summed E-state index contributed by atoms with van der Waals surface area (Å²) in [6.07, 6.45) is 2.20. The Morgan fingerprint density at radius 2 is 1.39 bits per heavy atom. The third-order valence-corrected chi connectivity index (χ3v) is 4.57. The van der Waals surface area contributed by atoms with Gasteiger partial charge in [0.25, 0.3) is 0 Å². The van der Waals surface area contributed by atoms with Crippen molar-refractivity contribution in [1.29, 1.82) is 0 Å². The first-order valence-corrected chi connectivity index (χ1v) is 9.13. The summed E-state index contributed by atoms with van der Waals surface area (Å²) < 4.78 is 11.1. The predicted molar refractivity (Wildman–Crippen MR) is 107 cm³/mol. The lowest BCUT2D eigenvalue weighted by atomic mass is 10.0. The first-order valence-electron chi connectivity index (χ1n) is 9.13. The molecule has 3 N–H and O–H groups in total. The second kappa shape index (κ2) is 9.04. The van der Waals surface area contributed by atoms with Crippen LogP contribution in [0.3, 0.4) is 0 Å². The van der Waals surface area contributed by atoms with Crippen LogP contribution in [0.1, 0.15) is 23.1 Å². The molecule has 5 heteroatoms. The van der Waals surface area contributed by atoms with Crippen LogP contribution >= 0.6 is 0 Å². The second-order valence-electron chi connectivity index (χ2n) is 6.60. The van der Waals surface area contributed by atoms with Crippen molar-refractivity contribution in [2.24, 2.45) is 0 Å². The Hall–Kier alpha value is -3.34. The molecule has 0 amide bonds. The fourth-order valence-corrected chi connectivity index (χ4v) is 3.00. The fourth-order valence-electron chi connectivity index (χ4n) is 3.00. The van der Waals surface area contributed by atoms with E-state index in [1.807, 2.05) is 30.3 Å². The van der Waals surface area contributed by atoms with Crippen LogP contribution in [0.2, 0.25) is 0 Å². The van der Waals surface area contributed by atoms with Crippen molar-refractivity contribution in [1.82, 2.24) is 0 Å². The van der Waals surface area contributed by atoms with E-state index in [1.54, 1.807) is 31.4 Å². The zero-order valence-corrected chi connectivity index (χ0v) is 15.8. The Balaban J connectivity index is 1.62. The van der Waals surface area contributed by atoms with E-state index in [0.717, 1.165) is 35.3 Å². The number of aromatic hydroxyl groups is 3. The number of phenolic OH excluding ortho intramolecular Hbond substituents is 3. The maximum Gasteiger partial charge on any atom is 0.126 e. The summed E-state index contributed by atoms with van der Waals surface area (Å²) in [5.74, 6) is 1.74. The van der Waals surface area contributed by atoms with Crippen molar-refractivity contribution in [2.75, 3.05) is 7.11 Å². The first-order chi connectivity index (χ1) is 13.5. The molecule has 3 rings (SSSR count). The van der Waals surface area contributed by atoms with Crippen molar-refractivity contribution in [3.05, 3.63) is 77.4 Å². The largest absolute Gasteiger partial charge is 0.508 e. The molecule has 0 spiro atoms. The van der Waals surface area contributed by atoms with Crippen LogP contribution in [0, 0.1) is 0 Å². The Morgan fingerprint density at radius 3 is 2.07 bits per heavy atom. The van der Waals surface area contributed by atoms with Crippen molar-refractivity contribution in [2.45, 2.75) is 25.9 Å². The summed E-state index contributed by atoms with van der Waals surface area (Å²) >= 11 is 0. The average Bonchev–Trinajstić information content (AvgIpc) is 2.69. The number of hydrogen-bond acceptors (Lipinski definition) is 5. The SMILES string of the molecule is COc1ccc(COc2cc(O)ccc2CCCc2ccc(O)cc2O)cc1. The molecule has 5 nitrogen and oxygen atoms in total. The van der Waals surface area contributed by atoms with Crippen LogP contribution in [0.25, 0.3) is 0 Å². The van der Waals surface area contributed by atoms with Gasteiger partial charge in [0.1, 0.15) is 35.4 Å². The van der Waals surface area contributed by atoms with Gasteiger partial charge in [-0.3, -0.25) is 0 Å². The van der Waals surface area contributed by atoms with Crippen LogP contribution in [-0.4, -0.2) is 22.4 Å². The van der Waals surface area contributed by atoms with Gasteiger partial charge in [0.2, 0.25) is 0 Å². The standard InChI is InChI=1S/C23H24O5/c1-27-21-11-5-16(6-12-21)15-28-23-14-20(25)10-8-18(23)4-2-3-17-7-9-19(24)13-22(17)26/h5-14,24-26H,2-4,15H2,1H3. The van der Waals surface area contributed by atoms with Crippen molar-refractivity contribution in [3.8, 4) is 28.7 Å². The molecule has 0 aromatic heterocycles. The molecule has 0 unspecified atom stereocenters. The van der Waals surface area contributed by atoms with Gasteiger partial charge in [-0.15, -0.1) is 0 Å². The number of methoxy groups -OCH3 is 1. The fraction of sp³-hybridized carbons (Fsp3) is 0.217. The zero-order chi connectivity index (χ0) is 19.9. The molecule has 28 heavy (non-hydrogen) atoms. The first kappa shape index (κ1) is 19.4. The summed E-state index contributed by atoms with van der Waals surface area (Å²) in [5, 5.41) is 29.1. The lowest BCUT2D eigenvalue weighted by molar-refractivity contribution is 0.300. The highest BCUT2D eigenvalue weighted by atomic mass is 16.5. The number of ether oxygens (including phenoxy) is 2. The minimum absolute atomic E-state index is 0.0500. The molecule has 0 saturated heterocycles. The Bertz CT molecular complexity index is 919. The number of rotatable bonds is 8. The van der Waals surface area contributed by atoms with Crippen molar-refractivity contribution >= 4 is 0 Å². The van der Waals surface area contributed by atoms with Crippen LogP contribution < -0.4 is 9.47 Å². The molecule has 0 aliphatic heterocycles. The van der Waals surface area contributed by atoms with E-state index in [0.29, 0.717) is 18.8 Å². The molecule has 0 fully saturated rings. The van der Waals surface area contributed by atoms with Gasteiger partial charge in [-0.25, -0.2) is 0 Å². The van der Waals surface area contributed by atoms with Gasteiger partial charge in [0.15, 0.2) is 0 Å². The summed E-state index contributed by atoms with van der Waals surface area (Å²) in [7, 11) is 1.63. The number of hydrogen-bond donors (Lipinski definition) is 3. The van der Waals surface area contributed by atoms with E-state index in [2.05, 4.69) is 0 Å². The molecule has 0 aliphatic carbocycles. The van der Waals surface area contributed by atoms with Crippen LogP contribution in [-0.2, 0) is 19.4 Å². The molecule has 0 radical (unpaired) electrons. The molecule has 0 atom stereocenters. The number of benzene rings is 3. The molecule has 3 aromatic rings. The third kappa shape index (κ3) is 5.10. The molecule has 0 saturated carbocycles. The minimum atomic E-state index is 0.0500. The van der Waals surface area contributed by atoms with E-state index in [9.17, 15) is 15.3 Å². The zero-order valence-electron chi connectivity index (χ0n) is 15.8. The quantitative estimate of drug-likeness (QED) is 0.534. The van der Waals surface area contributed by atoms with Crippen molar-refractivity contribution < 1.29 is 24.8 Å². The highest BCUT2D eigenvalue weighted by Gasteiger charge is 2.08.